The van der Waals surface area contributed by atoms with Crippen LogP contribution in [0.5, 0.6) is 0 Å². The molecule has 174 valence electrons. The molecule has 0 bridgehead atoms. The van der Waals surface area contributed by atoms with Gasteiger partial charge in [0.2, 0.25) is 0 Å². The van der Waals surface area contributed by atoms with Crippen molar-refractivity contribution in [2.45, 2.75) is 36.5 Å². The van der Waals surface area contributed by atoms with Gasteiger partial charge < -0.3 is 10.4 Å². The van der Waals surface area contributed by atoms with Gasteiger partial charge in [-0.15, -0.1) is 0 Å². The summed E-state index contributed by atoms with van der Waals surface area (Å²) in [6.07, 6.45) is 0.979. The van der Waals surface area contributed by atoms with Crippen LogP contribution in [-0.2, 0) is 9.59 Å². The lowest BCUT2D eigenvalue weighted by Gasteiger charge is -2.24. The van der Waals surface area contributed by atoms with E-state index < -0.39 is 51.2 Å². The zero-order valence-electron chi connectivity index (χ0n) is 17.3. The second kappa shape index (κ2) is 10.6. The second-order valence-corrected chi connectivity index (χ2v) is 9.92. The largest absolute Gasteiger partial charge is 0.481 e. The number of hydrogen-bond donors (Lipinski definition) is 2. The Bertz CT molecular complexity index is 911. The van der Waals surface area contributed by atoms with Crippen LogP contribution in [0.2, 0.25) is 0 Å². The van der Waals surface area contributed by atoms with E-state index in [9.17, 15) is 28.7 Å². The first-order valence-electron chi connectivity index (χ1n) is 9.77. The zero-order valence-corrected chi connectivity index (χ0v) is 19.5. The average molecular weight is 508 g/mol. The van der Waals surface area contributed by atoms with Crippen LogP contribution in [0.3, 0.4) is 0 Å². The Morgan fingerprint density at radius 3 is 2.12 bits per heavy atom. The van der Waals surface area contributed by atoms with Crippen molar-refractivity contribution in [1.82, 2.24) is 10.2 Å². The van der Waals surface area contributed by atoms with E-state index in [0.29, 0.717) is 11.1 Å². The van der Waals surface area contributed by atoms with E-state index in [-0.39, 0.29) is 19.4 Å². The first kappa shape index (κ1) is 26.1. The number of hydrogen-bond acceptors (Lipinski definition) is 4. The predicted octanol–water partition coefficient (Wildman–Crippen LogP) is 4.13. The highest BCUT2D eigenvalue weighted by molar-refractivity contribution is 6.76. The molecule has 2 rings (SSSR count). The molecule has 0 spiro atoms. The highest BCUT2D eigenvalue weighted by Crippen LogP contribution is 2.28. The molecule has 1 aliphatic heterocycles. The Balaban J connectivity index is 2.06. The number of benzene rings is 1. The number of fused-ring (bicyclic) bond motifs is 1. The summed E-state index contributed by atoms with van der Waals surface area (Å²) in [5, 5.41) is 11.7. The third-order valence-electron chi connectivity index (χ3n) is 4.96. The highest BCUT2D eigenvalue weighted by Gasteiger charge is 2.36. The lowest BCUT2D eigenvalue weighted by Crippen LogP contribution is -2.44. The van der Waals surface area contributed by atoms with Crippen molar-refractivity contribution >= 4 is 58.5 Å². The third-order valence-corrected chi connectivity index (χ3v) is 5.48. The van der Waals surface area contributed by atoms with E-state index in [1.165, 1.54) is 0 Å². The van der Waals surface area contributed by atoms with Crippen molar-refractivity contribution in [3.8, 4) is 0 Å². The number of imide groups is 1. The van der Waals surface area contributed by atoms with Crippen LogP contribution in [0.4, 0.5) is 4.39 Å². The van der Waals surface area contributed by atoms with Crippen molar-refractivity contribution < 1.29 is 28.7 Å². The molecule has 1 heterocycles. The molecule has 0 saturated heterocycles. The summed E-state index contributed by atoms with van der Waals surface area (Å²) in [5.41, 5.74) is 0.588. The van der Waals surface area contributed by atoms with Gasteiger partial charge in [-0.25, -0.2) is 4.39 Å². The molecule has 0 aliphatic carbocycles. The normalized spacial score (nSPS) is 16.2. The van der Waals surface area contributed by atoms with E-state index in [2.05, 4.69) is 5.32 Å². The molecule has 0 unspecified atom stereocenters. The fourth-order valence-electron chi connectivity index (χ4n) is 3.26. The van der Waals surface area contributed by atoms with Crippen LogP contribution in [0.15, 0.2) is 36.2 Å². The Labute approximate surface area is 199 Å². The van der Waals surface area contributed by atoms with Gasteiger partial charge in [0.05, 0.1) is 23.1 Å². The van der Waals surface area contributed by atoms with Gasteiger partial charge in [-0.3, -0.25) is 24.1 Å². The Hall–Kier alpha value is -2.16. The number of nitrogens with one attached hydrogen (secondary N) is 1. The number of carbonyl (C=O) groups is 4. The van der Waals surface area contributed by atoms with E-state index in [4.69, 9.17) is 34.8 Å². The Morgan fingerprint density at radius 1 is 1.16 bits per heavy atom. The van der Waals surface area contributed by atoms with E-state index >= 15 is 0 Å². The Morgan fingerprint density at radius 2 is 1.69 bits per heavy atom. The first-order valence-corrected chi connectivity index (χ1v) is 10.9. The highest BCUT2D eigenvalue weighted by atomic mass is 35.6. The molecular weight excluding hydrogens is 486 g/mol. The van der Waals surface area contributed by atoms with Gasteiger partial charge in [0.25, 0.3) is 21.5 Å². The molecule has 11 heteroatoms. The van der Waals surface area contributed by atoms with Gasteiger partial charge in [-0.1, -0.05) is 60.8 Å². The molecular formula is C21H22Cl3FN2O5. The topological polar surface area (TPSA) is 104 Å². The molecule has 0 aromatic heterocycles. The summed E-state index contributed by atoms with van der Waals surface area (Å²) in [5.74, 6) is -5.84. The Kier molecular flexibility index (Phi) is 8.67. The van der Waals surface area contributed by atoms with Crippen LogP contribution in [-0.4, -0.2) is 50.1 Å². The molecule has 2 N–H and O–H groups in total. The molecule has 0 radical (unpaired) electrons. The zero-order chi connectivity index (χ0) is 24.2. The maximum Gasteiger partial charge on any atom is 0.310 e. The summed E-state index contributed by atoms with van der Waals surface area (Å²) >= 11 is 16.5. The van der Waals surface area contributed by atoms with Gasteiger partial charge in [0.15, 0.2) is 0 Å². The molecule has 7 nitrogen and oxygen atoms in total. The van der Waals surface area contributed by atoms with Crippen molar-refractivity contribution in [1.29, 1.82) is 0 Å². The quantitative estimate of drug-likeness (QED) is 0.386. The molecule has 0 saturated carbocycles. The van der Waals surface area contributed by atoms with E-state index in [1.807, 2.05) is 0 Å². The number of carboxylic acid groups (broad SMARTS) is 1. The summed E-state index contributed by atoms with van der Waals surface area (Å²) < 4.78 is 12.5. The van der Waals surface area contributed by atoms with Crippen LogP contribution in [0.25, 0.3) is 0 Å². The van der Waals surface area contributed by atoms with Gasteiger partial charge in [0, 0.05) is 6.54 Å². The van der Waals surface area contributed by atoms with Gasteiger partial charge in [0.1, 0.15) is 5.83 Å². The predicted molar refractivity (Wildman–Crippen MR) is 118 cm³/mol. The minimum Gasteiger partial charge on any atom is -0.481 e. The summed E-state index contributed by atoms with van der Waals surface area (Å²) in [6, 6.07) is 5.19. The number of alkyl halides is 3. The monoisotopic (exact) mass is 506 g/mol. The lowest BCUT2D eigenvalue weighted by atomic mass is 9.97. The number of rotatable bonds is 9. The molecule has 3 amide bonds. The van der Waals surface area contributed by atoms with Gasteiger partial charge in [-0.2, -0.15) is 0 Å². The fraction of sp³-hybridized carbons (Fsp3) is 0.429. The molecule has 1 aromatic rings. The number of aliphatic carboxylic acids is 1. The number of halogens is 4. The SMILES string of the molecule is CC(C)[C@H](NC(=O)C(Cl)(Cl)Cl)/C(F)=C/[C@@H](CCCN1C(=O)c2ccccc2C1=O)C(=O)O. The molecule has 0 fully saturated rings. The molecule has 2 atom stereocenters. The summed E-state index contributed by atoms with van der Waals surface area (Å²) in [6.45, 7) is 3.20. The molecule has 1 aliphatic rings. The number of carboxylic acids is 1. The number of carbonyl (C=O) groups excluding carboxylic acids is 3. The first-order chi connectivity index (χ1) is 14.8. The van der Waals surface area contributed by atoms with Crippen molar-refractivity contribution in [2.24, 2.45) is 11.8 Å². The van der Waals surface area contributed by atoms with Crippen LogP contribution in [0, 0.1) is 11.8 Å². The molecule has 1 aromatic carbocycles. The van der Waals surface area contributed by atoms with Crippen molar-refractivity contribution in [2.75, 3.05) is 6.54 Å². The van der Waals surface area contributed by atoms with Crippen molar-refractivity contribution in [3.05, 3.63) is 47.3 Å². The maximum absolute atomic E-state index is 14.8. The standard InChI is InChI=1S/C21H22Cl3FN2O5/c1-11(2)16(26-20(32)21(22,23)24)15(25)10-12(19(30)31)6-5-9-27-17(28)13-7-3-4-8-14(13)18(27)29/h3-4,7-8,10-12,16H,5-6,9H2,1-2H3,(H,26,32)(H,30,31)/b15-10-/t12-,16+/m1/s1. The maximum atomic E-state index is 14.8. The number of amides is 3. The minimum absolute atomic E-state index is 0.0107. The van der Waals surface area contributed by atoms with Gasteiger partial charge in [-0.05, 0) is 37.0 Å². The minimum atomic E-state index is -2.30. The fourth-order valence-corrected chi connectivity index (χ4v) is 3.43. The average Bonchev–Trinajstić information content (AvgIpc) is 2.94. The molecule has 32 heavy (non-hydrogen) atoms. The van der Waals surface area contributed by atoms with Crippen LogP contribution >= 0.6 is 34.8 Å². The van der Waals surface area contributed by atoms with Gasteiger partial charge >= 0.3 is 5.97 Å². The van der Waals surface area contributed by atoms with Crippen molar-refractivity contribution in [3.63, 3.8) is 0 Å². The van der Waals surface area contributed by atoms with E-state index in [1.54, 1.807) is 38.1 Å². The number of nitrogens with zero attached hydrogens (tertiary/aromatic N) is 1. The summed E-state index contributed by atoms with van der Waals surface area (Å²) in [4.78, 5) is 49.3. The van der Waals surface area contributed by atoms with Crippen LogP contribution < -0.4 is 5.32 Å². The third kappa shape index (κ3) is 6.21. The lowest BCUT2D eigenvalue weighted by molar-refractivity contribution is -0.140. The second-order valence-electron chi connectivity index (χ2n) is 7.64. The summed E-state index contributed by atoms with van der Waals surface area (Å²) in [7, 11) is 0. The smallest absolute Gasteiger partial charge is 0.310 e. The van der Waals surface area contributed by atoms with Crippen LogP contribution in [0.1, 0.15) is 47.4 Å². The van der Waals surface area contributed by atoms with E-state index in [0.717, 1.165) is 11.0 Å².